The van der Waals surface area contributed by atoms with E-state index in [-0.39, 0.29) is 30.1 Å². The number of amides is 1. The molecule has 74 valence electrons. The fourth-order valence-electron chi connectivity index (χ4n) is 1.07. The van der Waals surface area contributed by atoms with E-state index < -0.39 is 6.09 Å². The predicted octanol–water partition coefficient (Wildman–Crippen LogP) is 2.67. The van der Waals surface area contributed by atoms with Gasteiger partial charge in [-0.05, 0) is 12.8 Å². The van der Waals surface area contributed by atoms with Crippen LogP contribution in [0.4, 0.5) is 4.79 Å². The molecule has 4 heteroatoms. The van der Waals surface area contributed by atoms with E-state index in [9.17, 15) is 4.79 Å². The molecule has 0 saturated heterocycles. The third kappa shape index (κ3) is 8.10. The summed E-state index contributed by atoms with van der Waals surface area (Å²) in [6, 6.07) is 0. The standard InChI is InChI=1S/C8H17NO2.HI/c1-3-5-7(6-4-2)11-8(9)10;/h7H,3-6H2,1-2H3,(H2,9,10);1H. The van der Waals surface area contributed by atoms with Gasteiger partial charge in [-0.2, -0.15) is 0 Å². The summed E-state index contributed by atoms with van der Waals surface area (Å²) in [7, 11) is 0. The summed E-state index contributed by atoms with van der Waals surface area (Å²) in [6.45, 7) is 4.13. The number of halogens is 1. The van der Waals surface area contributed by atoms with Gasteiger partial charge in [0.15, 0.2) is 0 Å². The molecule has 0 aliphatic rings. The lowest BCUT2D eigenvalue weighted by Crippen LogP contribution is -2.22. The van der Waals surface area contributed by atoms with Gasteiger partial charge in [0.05, 0.1) is 0 Å². The Balaban J connectivity index is 0. The molecule has 0 radical (unpaired) electrons. The first-order valence-electron chi connectivity index (χ1n) is 4.16. The van der Waals surface area contributed by atoms with Gasteiger partial charge in [-0.15, -0.1) is 24.0 Å². The molecular weight excluding hydrogens is 269 g/mol. The molecule has 0 aromatic rings. The fourth-order valence-corrected chi connectivity index (χ4v) is 1.07. The summed E-state index contributed by atoms with van der Waals surface area (Å²) in [5.41, 5.74) is 4.89. The molecule has 0 rings (SSSR count). The molecule has 2 N–H and O–H groups in total. The minimum absolute atomic E-state index is 0. The summed E-state index contributed by atoms with van der Waals surface area (Å²) in [5, 5.41) is 0. The molecule has 0 heterocycles. The molecule has 0 aromatic carbocycles. The Bertz CT molecular complexity index is 114. The molecule has 0 aliphatic carbocycles. The second kappa shape index (κ2) is 9.09. The molecule has 3 nitrogen and oxygen atoms in total. The number of hydrogen-bond donors (Lipinski definition) is 1. The summed E-state index contributed by atoms with van der Waals surface area (Å²) in [5.74, 6) is 0. The van der Waals surface area contributed by atoms with Crippen molar-refractivity contribution in [2.75, 3.05) is 0 Å². The third-order valence-corrected chi connectivity index (χ3v) is 1.50. The van der Waals surface area contributed by atoms with E-state index in [2.05, 4.69) is 13.8 Å². The van der Waals surface area contributed by atoms with Crippen molar-refractivity contribution in [1.29, 1.82) is 0 Å². The smallest absolute Gasteiger partial charge is 0.404 e. The lowest BCUT2D eigenvalue weighted by Gasteiger charge is -2.13. The van der Waals surface area contributed by atoms with Crippen LogP contribution in [0.1, 0.15) is 39.5 Å². The second-order valence-corrected chi connectivity index (χ2v) is 2.64. The normalized spacial score (nSPS) is 9.25. The van der Waals surface area contributed by atoms with E-state index >= 15 is 0 Å². The van der Waals surface area contributed by atoms with Crippen LogP contribution in [0.3, 0.4) is 0 Å². The Hall–Kier alpha value is 0. The van der Waals surface area contributed by atoms with E-state index in [0.717, 1.165) is 25.7 Å². The number of rotatable bonds is 5. The molecule has 0 aliphatic heterocycles. The number of nitrogens with two attached hydrogens (primary N) is 1. The third-order valence-electron chi connectivity index (χ3n) is 1.50. The molecular formula is C8H18INO2. The van der Waals surface area contributed by atoms with Crippen LogP contribution in [0.2, 0.25) is 0 Å². The number of hydrogen-bond acceptors (Lipinski definition) is 2. The molecule has 0 spiro atoms. The van der Waals surface area contributed by atoms with Gasteiger partial charge in [0.2, 0.25) is 0 Å². The zero-order valence-corrected chi connectivity index (χ0v) is 10.0. The maximum atomic E-state index is 10.4. The largest absolute Gasteiger partial charge is 0.446 e. The Labute approximate surface area is 91.1 Å². The molecule has 0 bridgehead atoms. The highest BCUT2D eigenvalue weighted by Gasteiger charge is 2.08. The van der Waals surface area contributed by atoms with Gasteiger partial charge in [-0.3, -0.25) is 0 Å². The zero-order chi connectivity index (χ0) is 8.69. The summed E-state index contributed by atoms with van der Waals surface area (Å²) in [4.78, 5) is 10.4. The Morgan fingerprint density at radius 3 is 2.00 bits per heavy atom. The summed E-state index contributed by atoms with van der Waals surface area (Å²) >= 11 is 0. The van der Waals surface area contributed by atoms with E-state index in [0.29, 0.717) is 0 Å². The van der Waals surface area contributed by atoms with Gasteiger partial charge < -0.3 is 10.5 Å². The van der Waals surface area contributed by atoms with E-state index in [1.54, 1.807) is 0 Å². The second-order valence-electron chi connectivity index (χ2n) is 2.64. The Morgan fingerprint density at radius 1 is 1.33 bits per heavy atom. The van der Waals surface area contributed by atoms with Gasteiger partial charge in [-0.25, -0.2) is 4.79 Å². The van der Waals surface area contributed by atoms with Crippen LogP contribution in [-0.4, -0.2) is 12.2 Å². The van der Waals surface area contributed by atoms with Crippen molar-refractivity contribution in [3.8, 4) is 0 Å². The minimum Gasteiger partial charge on any atom is -0.446 e. The summed E-state index contributed by atoms with van der Waals surface area (Å²) < 4.78 is 4.87. The number of ether oxygens (including phenoxy) is 1. The lowest BCUT2D eigenvalue weighted by atomic mass is 10.1. The van der Waals surface area contributed by atoms with E-state index in [1.807, 2.05) is 0 Å². The van der Waals surface area contributed by atoms with Crippen molar-refractivity contribution in [2.45, 2.75) is 45.6 Å². The highest BCUT2D eigenvalue weighted by Crippen LogP contribution is 2.08. The maximum Gasteiger partial charge on any atom is 0.404 e. The van der Waals surface area contributed by atoms with Crippen molar-refractivity contribution in [3.63, 3.8) is 0 Å². The highest BCUT2D eigenvalue weighted by molar-refractivity contribution is 14.0. The molecule has 0 fully saturated rings. The van der Waals surface area contributed by atoms with Crippen LogP contribution in [0.15, 0.2) is 0 Å². The maximum absolute atomic E-state index is 10.4. The van der Waals surface area contributed by atoms with E-state index in [4.69, 9.17) is 10.5 Å². The lowest BCUT2D eigenvalue weighted by molar-refractivity contribution is 0.0949. The Morgan fingerprint density at radius 2 is 1.75 bits per heavy atom. The first-order valence-corrected chi connectivity index (χ1v) is 4.16. The number of carbonyl (C=O) groups is 1. The Kier molecular flexibility index (Phi) is 11.0. The van der Waals surface area contributed by atoms with Crippen LogP contribution < -0.4 is 5.73 Å². The average molecular weight is 287 g/mol. The van der Waals surface area contributed by atoms with Crippen LogP contribution in [-0.2, 0) is 4.74 Å². The van der Waals surface area contributed by atoms with Gasteiger partial charge >= 0.3 is 6.09 Å². The summed E-state index contributed by atoms with van der Waals surface area (Å²) in [6.07, 6.45) is 3.25. The molecule has 0 saturated carbocycles. The first kappa shape index (κ1) is 14.5. The first-order chi connectivity index (χ1) is 5.20. The SMILES string of the molecule is CCCC(CCC)OC(N)=O.I. The van der Waals surface area contributed by atoms with Crippen LogP contribution >= 0.6 is 24.0 Å². The van der Waals surface area contributed by atoms with Crippen molar-refractivity contribution in [1.82, 2.24) is 0 Å². The monoisotopic (exact) mass is 287 g/mol. The topological polar surface area (TPSA) is 52.3 Å². The van der Waals surface area contributed by atoms with Gasteiger partial charge in [0, 0.05) is 0 Å². The molecule has 0 atom stereocenters. The average Bonchev–Trinajstić information content (AvgIpc) is 1.87. The number of primary amides is 1. The van der Waals surface area contributed by atoms with Crippen LogP contribution in [0, 0.1) is 0 Å². The minimum atomic E-state index is -0.656. The van der Waals surface area contributed by atoms with Gasteiger partial charge in [0.1, 0.15) is 6.10 Å². The molecule has 1 amide bonds. The van der Waals surface area contributed by atoms with E-state index in [1.165, 1.54) is 0 Å². The molecule has 12 heavy (non-hydrogen) atoms. The molecule has 0 aromatic heterocycles. The van der Waals surface area contributed by atoms with Gasteiger partial charge in [-0.1, -0.05) is 26.7 Å². The zero-order valence-electron chi connectivity index (χ0n) is 7.71. The quantitative estimate of drug-likeness (QED) is 0.790. The van der Waals surface area contributed by atoms with Gasteiger partial charge in [0.25, 0.3) is 0 Å². The van der Waals surface area contributed by atoms with Crippen molar-refractivity contribution >= 4 is 30.1 Å². The molecule has 0 unspecified atom stereocenters. The number of carbonyl (C=O) groups excluding carboxylic acids is 1. The van der Waals surface area contributed by atoms with Crippen molar-refractivity contribution < 1.29 is 9.53 Å². The highest BCUT2D eigenvalue weighted by atomic mass is 127. The van der Waals surface area contributed by atoms with Crippen molar-refractivity contribution in [3.05, 3.63) is 0 Å². The van der Waals surface area contributed by atoms with Crippen LogP contribution in [0.25, 0.3) is 0 Å². The predicted molar refractivity (Wildman–Crippen MR) is 59.7 cm³/mol. The van der Waals surface area contributed by atoms with Crippen molar-refractivity contribution in [2.24, 2.45) is 5.73 Å². The van der Waals surface area contributed by atoms with Crippen LogP contribution in [0.5, 0.6) is 0 Å². The fraction of sp³-hybridized carbons (Fsp3) is 0.875.